The topological polar surface area (TPSA) is 146 Å². The fraction of sp³-hybridized carbons (Fsp3) is 0.0800. The number of nitrogens with zero attached hydrogens (tertiary/aromatic N) is 7. The summed E-state index contributed by atoms with van der Waals surface area (Å²) in [6.45, 7) is 1.73. The van der Waals surface area contributed by atoms with Crippen molar-refractivity contribution in [3.8, 4) is 17.2 Å². The van der Waals surface area contributed by atoms with Crippen molar-refractivity contribution >= 4 is 63.9 Å². The normalized spacial score (nSPS) is 11.0. The van der Waals surface area contributed by atoms with Crippen molar-refractivity contribution in [1.82, 2.24) is 35.0 Å². The van der Waals surface area contributed by atoms with Crippen molar-refractivity contribution in [3.05, 3.63) is 97.3 Å². The summed E-state index contributed by atoms with van der Waals surface area (Å²) in [4.78, 5) is 31.2. The number of primary amides is 1. The van der Waals surface area contributed by atoms with E-state index in [1.165, 1.54) is 27.8 Å². The Bertz CT molecular complexity index is 1780. The van der Waals surface area contributed by atoms with Gasteiger partial charge in [-0.15, -0.1) is 10.2 Å². The summed E-state index contributed by atoms with van der Waals surface area (Å²) in [5.41, 5.74) is 7.34. The van der Waals surface area contributed by atoms with E-state index >= 15 is 0 Å². The van der Waals surface area contributed by atoms with Gasteiger partial charge in [-0.2, -0.15) is 9.90 Å². The lowest BCUT2D eigenvalue weighted by atomic mass is 10.1. The number of nitrogens with one attached hydrogen (secondary N) is 1. The zero-order chi connectivity index (χ0) is 28.6. The Morgan fingerprint density at radius 2 is 1.77 bits per heavy atom. The number of anilines is 1. The highest BCUT2D eigenvalue weighted by atomic mass is 35.5. The fourth-order valence-corrected chi connectivity index (χ4v) is 4.85. The summed E-state index contributed by atoms with van der Waals surface area (Å²) >= 11 is 24.7. The zero-order valence-electron chi connectivity index (χ0n) is 20.4. The molecule has 3 heterocycles. The molecule has 0 bridgehead atoms. The van der Waals surface area contributed by atoms with E-state index in [4.69, 9.17) is 52.1 Å². The van der Waals surface area contributed by atoms with Crippen molar-refractivity contribution < 1.29 is 9.59 Å². The van der Waals surface area contributed by atoms with Crippen LogP contribution >= 0.6 is 46.4 Å². The molecule has 11 nitrogen and oxygen atoms in total. The molecule has 3 N–H and O–H groups in total. The fourth-order valence-electron chi connectivity index (χ4n) is 3.88. The van der Waals surface area contributed by atoms with Crippen LogP contribution in [0.1, 0.15) is 32.1 Å². The molecule has 40 heavy (non-hydrogen) atoms. The quantitative estimate of drug-likeness (QED) is 0.254. The molecule has 5 aromatic rings. The first-order valence-electron chi connectivity index (χ1n) is 11.4. The number of tetrazole rings is 1. The van der Waals surface area contributed by atoms with E-state index in [1.54, 1.807) is 43.3 Å². The second kappa shape index (κ2) is 11.2. The van der Waals surface area contributed by atoms with Gasteiger partial charge in [0.1, 0.15) is 12.2 Å². The van der Waals surface area contributed by atoms with Gasteiger partial charge in [-0.05, 0) is 66.2 Å². The number of hydrogen-bond donors (Lipinski definition) is 2. The molecule has 0 fully saturated rings. The third-order valence-electron chi connectivity index (χ3n) is 5.66. The molecule has 5 rings (SSSR count). The van der Waals surface area contributed by atoms with Gasteiger partial charge >= 0.3 is 0 Å². The number of halogens is 4. The van der Waals surface area contributed by atoms with Gasteiger partial charge < -0.3 is 11.1 Å². The first-order valence-corrected chi connectivity index (χ1v) is 13.0. The Morgan fingerprint density at radius 3 is 2.50 bits per heavy atom. The Kier molecular flexibility index (Phi) is 7.72. The molecule has 0 aliphatic carbocycles. The van der Waals surface area contributed by atoms with E-state index in [0.29, 0.717) is 31.9 Å². The molecule has 0 saturated carbocycles. The number of rotatable bonds is 7. The van der Waals surface area contributed by atoms with Crippen LogP contribution in [0.3, 0.4) is 0 Å². The van der Waals surface area contributed by atoms with E-state index in [0.717, 1.165) is 0 Å². The predicted octanol–water partition coefficient (Wildman–Crippen LogP) is 5.24. The number of carbonyl (C=O) groups is 2. The highest BCUT2D eigenvalue weighted by Gasteiger charge is 2.23. The molecule has 0 aliphatic rings. The van der Waals surface area contributed by atoms with Crippen LogP contribution in [0, 0.1) is 6.92 Å². The molecule has 202 valence electrons. The lowest BCUT2D eigenvalue weighted by Gasteiger charge is -2.13. The first-order chi connectivity index (χ1) is 19.1. The summed E-state index contributed by atoms with van der Waals surface area (Å²) in [7, 11) is 0. The molecular weight excluding hydrogens is 600 g/mol. The van der Waals surface area contributed by atoms with Gasteiger partial charge in [0.25, 0.3) is 11.8 Å². The van der Waals surface area contributed by atoms with Gasteiger partial charge in [-0.25, -0.2) is 9.67 Å². The average Bonchev–Trinajstić information content (AvgIpc) is 3.53. The van der Waals surface area contributed by atoms with Crippen LogP contribution in [0.5, 0.6) is 0 Å². The van der Waals surface area contributed by atoms with Gasteiger partial charge in [0, 0.05) is 21.8 Å². The molecule has 0 radical (unpaired) electrons. The highest BCUT2D eigenvalue weighted by molar-refractivity contribution is 6.36. The van der Waals surface area contributed by atoms with E-state index in [-0.39, 0.29) is 40.2 Å². The Hall–Kier alpha value is -4.03. The second-order valence-corrected chi connectivity index (χ2v) is 10.2. The monoisotopic (exact) mass is 615 g/mol. The third kappa shape index (κ3) is 5.63. The van der Waals surface area contributed by atoms with Crippen LogP contribution in [0.25, 0.3) is 17.2 Å². The van der Waals surface area contributed by atoms with Crippen molar-refractivity contribution in [2.75, 3.05) is 5.32 Å². The van der Waals surface area contributed by atoms with Gasteiger partial charge in [0.2, 0.25) is 5.82 Å². The Morgan fingerprint density at radius 1 is 0.975 bits per heavy atom. The van der Waals surface area contributed by atoms with Gasteiger partial charge in [-0.3, -0.25) is 9.59 Å². The van der Waals surface area contributed by atoms with Crippen molar-refractivity contribution in [1.29, 1.82) is 0 Å². The average molecular weight is 617 g/mol. The van der Waals surface area contributed by atoms with Gasteiger partial charge in [0.15, 0.2) is 5.82 Å². The number of amides is 2. The molecule has 0 saturated heterocycles. The maximum atomic E-state index is 13.5. The molecule has 15 heteroatoms. The lowest BCUT2D eigenvalue weighted by molar-refractivity contribution is 0.100. The van der Waals surface area contributed by atoms with E-state index in [2.05, 4.69) is 30.8 Å². The van der Waals surface area contributed by atoms with Crippen molar-refractivity contribution in [2.24, 2.45) is 5.73 Å². The molecule has 0 spiro atoms. The minimum absolute atomic E-state index is 0.0441. The van der Waals surface area contributed by atoms with Gasteiger partial charge in [-0.1, -0.05) is 46.4 Å². The number of hydrogen-bond acceptors (Lipinski definition) is 7. The Labute approximate surface area is 246 Å². The van der Waals surface area contributed by atoms with E-state index < -0.39 is 11.8 Å². The summed E-state index contributed by atoms with van der Waals surface area (Å²) in [5.74, 6) is -0.863. The molecule has 2 amide bonds. The van der Waals surface area contributed by atoms with Crippen LogP contribution < -0.4 is 11.1 Å². The number of aryl methyl sites for hydroxylation is 1. The minimum Gasteiger partial charge on any atom is -0.366 e. The number of pyridine rings is 1. The SMILES string of the molecule is Cc1cc(Cl)cc(C(N)=O)c1NC(=O)c1cc(Cn2nnc(-c3ccc(Cl)cc3Cl)n2)nn1-c1ncccc1Cl. The molecular formula is C25H17Cl4N9O2. The Balaban J connectivity index is 1.51. The predicted molar refractivity (Wildman–Crippen MR) is 151 cm³/mol. The zero-order valence-corrected chi connectivity index (χ0v) is 23.5. The third-order valence-corrected chi connectivity index (χ3v) is 6.73. The van der Waals surface area contributed by atoms with Crippen molar-refractivity contribution in [2.45, 2.75) is 13.5 Å². The summed E-state index contributed by atoms with van der Waals surface area (Å²) < 4.78 is 1.29. The van der Waals surface area contributed by atoms with Crippen LogP contribution in [0.15, 0.2) is 54.7 Å². The largest absolute Gasteiger partial charge is 0.366 e. The first kappa shape index (κ1) is 27.5. The number of benzene rings is 2. The van der Waals surface area contributed by atoms with Crippen molar-refractivity contribution in [3.63, 3.8) is 0 Å². The maximum Gasteiger partial charge on any atom is 0.274 e. The van der Waals surface area contributed by atoms with Crippen LogP contribution in [0.2, 0.25) is 20.1 Å². The minimum atomic E-state index is -0.753. The summed E-state index contributed by atoms with van der Waals surface area (Å²) in [5, 5.41) is 21.2. The number of nitrogens with two attached hydrogens (primary N) is 1. The molecule has 2 aromatic carbocycles. The van der Waals surface area contributed by atoms with Gasteiger partial charge in [0.05, 0.1) is 27.0 Å². The van der Waals surface area contributed by atoms with Crippen LogP contribution in [-0.2, 0) is 6.54 Å². The van der Waals surface area contributed by atoms with Crippen LogP contribution in [0.4, 0.5) is 5.69 Å². The number of carbonyl (C=O) groups excluding carboxylic acids is 2. The molecule has 0 aliphatic heterocycles. The lowest BCUT2D eigenvalue weighted by Crippen LogP contribution is -2.21. The summed E-state index contributed by atoms with van der Waals surface area (Å²) in [6.07, 6.45) is 1.51. The summed E-state index contributed by atoms with van der Waals surface area (Å²) in [6, 6.07) is 12.7. The van der Waals surface area contributed by atoms with Crippen LogP contribution in [-0.4, -0.2) is 46.8 Å². The highest BCUT2D eigenvalue weighted by Crippen LogP contribution is 2.29. The molecule has 3 aromatic heterocycles. The number of aromatic nitrogens is 7. The smallest absolute Gasteiger partial charge is 0.274 e. The molecule has 0 unspecified atom stereocenters. The maximum absolute atomic E-state index is 13.5. The standard InChI is InChI=1S/C25H17Cl4N9O2/c1-12-7-14(27)8-17(22(30)39)21(12)32-25(40)20-10-15(34-38(20)24-18(28)3-2-6-31-24)11-37-35-23(33-36-37)16-5-4-13(26)9-19(16)29/h2-10H,11H2,1H3,(H2,30,39)(H,32,40). The second-order valence-electron chi connectivity index (χ2n) is 8.47. The van der Waals surface area contributed by atoms with E-state index in [9.17, 15) is 9.59 Å². The van der Waals surface area contributed by atoms with E-state index in [1.807, 2.05) is 0 Å². The molecule has 0 atom stereocenters.